The topological polar surface area (TPSA) is 128 Å². The van der Waals surface area contributed by atoms with Gasteiger partial charge in [-0.15, -0.1) is 0 Å². The summed E-state index contributed by atoms with van der Waals surface area (Å²) in [5.74, 6) is 2.04. The number of ether oxygens (including phenoxy) is 7. The van der Waals surface area contributed by atoms with Crippen molar-refractivity contribution in [3.05, 3.63) is 75.2 Å². The first-order valence-corrected chi connectivity index (χ1v) is 15.4. The van der Waals surface area contributed by atoms with Crippen molar-refractivity contribution in [3.8, 4) is 40.2 Å². The molecule has 0 saturated carbocycles. The van der Waals surface area contributed by atoms with Crippen LogP contribution in [0.1, 0.15) is 21.5 Å². The van der Waals surface area contributed by atoms with Gasteiger partial charge in [-0.05, 0) is 45.8 Å². The summed E-state index contributed by atoms with van der Waals surface area (Å²) in [6.45, 7) is 0. The van der Waals surface area contributed by atoms with Gasteiger partial charge in [0.25, 0.3) is 0 Å². The van der Waals surface area contributed by atoms with Gasteiger partial charge in [-0.1, -0.05) is 6.07 Å². The Bertz CT molecular complexity index is 1640. The molecule has 0 heterocycles. The minimum Gasteiger partial charge on any atom is -0.496 e. The second kappa shape index (κ2) is 15.4. The van der Waals surface area contributed by atoms with E-state index in [-0.39, 0.29) is 17.1 Å². The summed E-state index contributed by atoms with van der Waals surface area (Å²) in [4.78, 5) is 13.1. The molecule has 11 nitrogen and oxygen atoms in total. The van der Waals surface area contributed by atoms with Crippen molar-refractivity contribution in [3.63, 3.8) is 0 Å². The number of carbonyl (C=O) groups excluding carboxylic acids is 1. The lowest BCUT2D eigenvalue weighted by Crippen LogP contribution is -2.04. The van der Waals surface area contributed by atoms with Crippen molar-refractivity contribution in [2.75, 3.05) is 55.1 Å². The number of ketones is 1. The molecule has 44 heavy (non-hydrogen) atoms. The van der Waals surface area contributed by atoms with Crippen LogP contribution in [0.5, 0.6) is 40.2 Å². The summed E-state index contributed by atoms with van der Waals surface area (Å²) >= 11 is 3.41. The molecule has 236 valence electrons. The zero-order chi connectivity index (χ0) is 32.4. The Kier molecular flexibility index (Phi) is 11.9. The summed E-state index contributed by atoms with van der Waals surface area (Å²) in [7, 11) is 6.58. The average Bonchev–Trinajstić information content (AvgIpc) is 3.02. The van der Waals surface area contributed by atoms with Crippen molar-refractivity contribution < 1.29 is 46.4 Å². The maximum absolute atomic E-state index is 13.1. The monoisotopic (exact) mass is 691 g/mol. The van der Waals surface area contributed by atoms with Gasteiger partial charge < -0.3 is 38.5 Å². The van der Waals surface area contributed by atoms with Crippen molar-refractivity contribution in [1.82, 2.24) is 0 Å². The molecular weight excluding hydrogens is 658 g/mol. The Morgan fingerprint density at radius 2 is 1.39 bits per heavy atom. The fourth-order valence-electron chi connectivity index (χ4n) is 4.20. The molecule has 0 aliphatic heterocycles. The second-order valence-corrected chi connectivity index (χ2v) is 11.6. The number of hydrogen-bond acceptors (Lipinski definition) is 11. The lowest BCUT2D eigenvalue weighted by molar-refractivity contribution is 0.104. The van der Waals surface area contributed by atoms with E-state index >= 15 is 0 Å². The van der Waals surface area contributed by atoms with E-state index in [1.165, 1.54) is 74.2 Å². The van der Waals surface area contributed by atoms with Crippen LogP contribution in [0.25, 0.3) is 6.08 Å². The van der Waals surface area contributed by atoms with Crippen LogP contribution < -0.4 is 38.5 Å². The third kappa shape index (κ3) is 7.97. The van der Waals surface area contributed by atoms with Crippen LogP contribution >= 0.6 is 15.9 Å². The molecule has 13 heteroatoms. The predicted molar refractivity (Wildman–Crippen MR) is 172 cm³/mol. The average molecular weight is 693 g/mol. The number of anilines is 1. The molecule has 0 unspecified atom stereocenters. The molecule has 0 aromatic heterocycles. The summed E-state index contributed by atoms with van der Waals surface area (Å²) in [5.41, 5.74) is 1.67. The number of nitrogens with one attached hydrogen (secondary N) is 1. The van der Waals surface area contributed by atoms with E-state index in [2.05, 4.69) is 21.2 Å². The molecule has 0 amide bonds. The van der Waals surface area contributed by atoms with E-state index in [0.717, 1.165) is 5.41 Å². The number of methoxy groups -OCH3 is 7. The molecule has 0 aliphatic rings. The fourth-order valence-corrected chi connectivity index (χ4v) is 5.94. The Hall–Kier alpha value is -4.36. The molecule has 0 radical (unpaired) electrons. The first kappa shape index (κ1) is 34.1. The zero-order valence-electron chi connectivity index (χ0n) is 25.3. The largest absolute Gasteiger partial charge is 0.496 e. The van der Waals surface area contributed by atoms with Gasteiger partial charge in [0.1, 0.15) is 23.0 Å². The maximum Gasteiger partial charge on any atom is 0.204 e. The zero-order valence-corrected chi connectivity index (χ0v) is 27.8. The van der Waals surface area contributed by atoms with Gasteiger partial charge >= 0.3 is 0 Å². The minimum atomic E-state index is -3.73. The Balaban J connectivity index is 1.84. The third-order valence-electron chi connectivity index (χ3n) is 6.34. The molecule has 1 N–H and O–H groups in total. The smallest absolute Gasteiger partial charge is 0.204 e. The van der Waals surface area contributed by atoms with Gasteiger partial charge in [-0.2, -0.15) is 0 Å². The highest BCUT2D eigenvalue weighted by atomic mass is 79.9. The molecule has 0 spiro atoms. The number of allylic oxidation sites excluding steroid dienone is 1. The Labute approximate surface area is 265 Å². The van der Waals surface area contributed by atoms with E-state index in [1.807, 2.05) is 0 Å². The molecule has 0 fully saturated rings. The normalized spacial score (nSPS) is 11.4. The van der Waals surface area contributed by atoms with Crippen LogP contribution in [-0.2, 0) is 15.6 Å². The van der Waals surface area contributed by atoms with Gasteiger partial charge in [-0.3, -0.25) is 4.79 Å². The Morgan fingerprint density at radius 3 is 1.93 bits per heavy atom. The molecular formula is C31H34BrNO10S. The number of halogens is 1. The van der Waals surface area contributed by atoms with Crippen LogP contribution in [0.4, 0.5) is 5.69 Å². The summed E-state index contributed by atoms with van der Waals surface area (Å²) in [6.07, 6.45) is 4.16. The molecule has 0 atom stereocenters. The van der Waals surface area contributed by atoms with Crippen LogP contribution in [0, 0.1) is 0 Å². The van der Waals surface area contributed by atoms with E-state index in [4.69, 9.17) is 33.2 Å². The van der Waals surface area contributed by atoms with Crippen molar-refractivity contribution in [2.24, 2.45) is 0 Å². The molecule has 3 aromatic carbocycles. The van der Waals surface area contributed by atoms with Gasteiger partial charge in [-0.25, -0.2) is 8.42 Å². The minimum absolute atomic E-state index is 0.279. The van der Waals surface area contributed by atoms with Gasteiger partial charge in [0, 0.05) is 35.4 Å². The van der Waals surface area contributed by atoms with Crippen LogP contribution in [0.2, 0.25) is 0 Å². The SMILES string of the molecule is COc1cc(OC)c(/C=C/S(=O)(=O)Cc2ccc(OC)c(N/C=C\C(=O)c3cc(OC)c(OC)c(OC)c3Br)c2)c(OC)c1. The number of rotatable bonds is 15. The quantitative estimate of drug-likeness (QED) is 0.151. The number of sulfone groups is 1. The molecule has 3 aromatic rings. The summed E-state index contributed by atoms with van der Waals surface area (Å²) < 4.78 is 64.1. The number of hydrogen-bond donors (Lipinski definition) is 1. The first-order chi connectivity index (χ1) is 21.1. The standard InChI is InChI=1S/C31H34BrNO10S/c1-37-20-15-26(39-3)21(27(16-20)40-4)11-13-44(35,36)18-19-8-9-25(38-2)23(14-19)33-12-10-24(34)22-17-28(41-5)30(42-6)31(43-7)29(22)32/h8-17,33H,18H2,1-7H3/b12-10-,13-11+. The molecule has 0 aliphatic carbocycles. The predicted octanol–water partition coefficient (Wildman–Crippen LogP) is 5.90. The number of carbonyl (C=O) groups is 1. The highest BCUT2D eigenvalue weighted by molar-refractivity contribution is 9.10. The molecule has 0 saturated heterocycles. The van der Waals surface area contributed by atoms with E-state index in [9.17, 15) is 13.2 Å². The van der Waals surface area contributed by atoms with Crippen LogP contribution in [0.15, 0.2) is 58.6 Å². The second-order valence-electron chi connectivity index (χ2n) is 8.94. The molecule has 3 rings (SSSR count). The summed E-state index contributed by atoms with van der Waals surface area (Å²) in [6, 6.07) is 9.71. The van der Waals surface area contributed by atoms with Gasteiger partial charge in [0.05, 0.1) is 71.2 Å². The highest BCUT2D eigenvalue weighted by Gasteiger charge is 2.22. The molecule has 0 bridgehead atoms. The lowest BCUT2D eigenvalue weighted by Gasteiger charge is -2.15. The van der Waals surface area contributed by atoms with Gasteiger partial charge in [0.2, 0.25) is 5.75 Å². The van der Waals surface area contributed by atoms with Crippen LogP contribution in [-0.4, -0.2) is 64.0 Å². The summed E-state index contributed by atoms with van der Waals surface area (Å²) in [5, 5.41) is 4.10. The van der Waals surface area contributed by atoms with Crippen molar-refractivity contribution >= 4 is 43.3 Å². The highest BCUT2D eigenvalue weighted by Crippen LogP contribution is 2.45. The lowest BCUT2D eigenvalue weighted by atomic mass is 10.1. The number of benzene rings is 3. The maximum atomic E-state index is 13.1. The fraction of sp³-hybridized carbons (Fsp3) is 0.258. The van der Waals surface area contributed by atoms with E-state index in [0.29, 0.717) is 61.5 Å². The van der Waals surface area contributed by atoms with Crippen LogP contribution in [0.3, 0.4) is 0 Å². The van der Waals surface area contributed by atoms with E-state index < -0.39 is 9.84 Å². The Morgan fingerprint density at radius 1 is 0.773 bits per heavy atom. The first-order valence-electron chi connectivity index (χ1n) is 12.9. The van der Waals surface area contributed by atoms with Crippen molar-refractivity contribution in [2.45, 2.75) is 5.75 Å². The van der Waals surface area contributed by atoms with E-state index in [1.54, 1.807) is 30.3 Å². The van der Waals surface area contributed by atoms with Gasteiger partial charge in [0.15, 0.2) is 27.1 Å². The third-order valence-corrected chi connectivity index (χ3v) is 8.41. The van der Waals surface area contributed by atoms with Crippen molar-refractivity contribution in [1.29, 1.82) is 0 Å².